The smallest absolute Gasteiger partial charge is 0.208 e. The Kier molecular flexibility index (Phi) is 1.98. The largest absolute Gasteiger partial charge is 0.364 e. The summed E-state index contributed by atoms with van der Waals surface area (Å²) >= 11 is 1.42. The summed E-state index contributed by atoms with van der Waals surface area (Å²) in [7, 11) is 0. The van der Waals surface area contributed by atoms with Gasteiger partial charge in [-0.15, -0.1) is 11.3 Å². The van der Waals surface area contributed by atoms with Gasteiger partial charge in [-0.05, 0) is 18.4 Å². The maximum Gasteiger partial charge on any atom is 0.208 e. The van der Waals surface area contributed by atoms with Crippen LogP contribution in [0.1, 0.15) is 20.9 Å². The summed E-state index contributed by atoms with van der Waals surface area (Å²) in [6.45, 7) is 1.75. The second-order valence-corrected chi connectivity index (χ2v) is 3.57. The van der Waals surface area contributed by atoms with Crippen LogP contribution in [0, 0.1) is 6.92 Å². The Balaban J connectivity index is 2.39. The first-order chi connectivity index (χ1) is 6.29. The van der Waals surface area contributed by atoms with Crippen LogP contribution < -0.4 is 0 Å². The van der Waals surface area contributed by atoms with E-state index < -0.39 is 0 Å². The molecule has 0 aliphatic rings. The van der Waals surface area contributed by atoms with Crippen molar-refractivity contribution in [2.75, 3.05) is 0 Å². The number of nitrogens with zero attached hydrogens (tertiary/aromatic N) is 1. The molecular weight excluding hydrogens is 186 g/mol. The van der Waals surface area contributed by atoms with Gasteiger partial charge in [0, 0.05) is 0 Å². The quantitative estimate of drug-likeness (QED) is 0.687. The summed E-state index contributed by atoms with van der Waals surface area (Å²) < 4.78 is 4.70. The third-order valence-electron chi connectivity index (χ3n) is 1.74. The van der Waals surface area contributed by atoms with E-state index in [4.69, 9.17) is 4.52 Å². The molecule has 0 spiro atoms. The van der Waals surface area contributed by atoms with Crippen molar-refractivity contribution in [2.24, 2.45) is 0 Å². The molecule has 0 fully saturated rings. The predicted octanol–water partition coefficient (Wildman–Crippen LogP) is 2.28. The van der Waals surface area contributed by atoms with Crippen molar-refractivity contribution in [3.63, 3.8) is 0 Å². The number of hydrogen-bond acceptors (Lipinski definition) is 4. The summed E-state index contributed by atoms with van der Waals surface area (Å²) in [6, 6.07) is 3.64. The molecule has 0 atom stereocenters. The molecule has 0 amide bonds. The normalized spacial score (nSPS) is 10.2. The summed E-state index contributed by atoms with van der Waals surface area (Å²) in [5.41, 5.74) is 1.18. The van der Waals surface area contributed by atoms with Crippen molar-refractivity contribution in [2.45, 2.75) is 6.92 Å². The Morgan fingerprint density at radius 3 is 3.00 bits per heavy atom. The molecule has 4 heteroatoms. The van der Waals surface area contributed by atoms with E-state index >= 15 is 0 Å². The fourth-order valence-electron chi connectivity index (χ4n) is 1.05. The topological polar surface area (TPSA) is 43.1 Å². The fraction of sp³-hybridized carbons (Fsp3) is 0.111. The zero-order valence-corrected chi connectivity index (χ0v) is 7.80. The molecule has 2 heterocycles. The van der Waals surface area contributed by atoms with Gasteiger partial charge in [0.1, 0.15) is 6.26 Å². The van der Waals surface area contributed by atoms with Gasteiger partial charge in [-0.3, -0.25) is 4.79 Å². The van der Waals surface area contributed by atoms with Crippen molar-refractivity contribution in [3.05, 3.63) is 39.9 Å². The molecule has 0 saturated carbocycles. The molecule has 0 N–H and O–H groups in total. The maximum absolute atomic E-state index is 11.7. The number of rotatable bonds is 2. The van der Waals surface area contributed by atoms with Gasteiger partial charge in [0.05, 0.1) is 16.1 Å². The van der Waals surface area contributed by atoms with E-state index in [1.54, 1.807) is 13.0 Å². The second-order valence-electron chi connectivity index (χ2n) is 2.62. The Morgan fingerprint density at radius 1 is 1.62 bits per heavy atom. The van der Waals surface area contributed by atoms with Crippen LogP contribution in [0.2, 0.25) is 0 Å². The first-order valence-electron chi connectivity index (χ1n) is 3.78. The number of aryl methyl sites for hydroxylation is 1. The molecule has 66 valence electrons. The van der Waals surface area contributed by atoms with Gasteiger partial charge in [-0.2, -0.15) is 0 Å². The lowest BCUT2D eigenvalue weighted by Crippen LogP contribution is -1.98. The zero-order valence-electron chi connectivity index (χ0n) is 6.98. The summed E-state index contributed by atoms with van der Waals surface area (Å²) in [4.78, 5) is 12.4. The van der Waals surface area contributed by atoms with Crippen molar-refractivity contribution in [1.82, 2.24) is 5.16 Å². The van der Waals surface area contributed by atoms with E-state index in [1.165, 1.54) is 17.6 Å². The van der Waals surface area contributed by atoms with Gasteiger partial charge in [0.25, 0.3) is 0 Å². The van der Waals surface area contributed by atoms with Crippen molar-refractivity contribution < 1.29 is 9.32 Å². The molecule has 2 rings (SSSR count). The third kappa shape index (κ3) is 1.40. The monoisotopic (exact) mass is 193 g/mol. The van der Waals surface area contributed by atoms with Crippen LogP contribution >= 0.6 is 11.3 Å². The Bertz CT molecular complexity index is 417. The minimum atomic E-state index is -0.0197. The molecule has 0 aliphatic heterocycles. The number of carbonyl (C=O) groups excluding carboxylic acids is 1. The van der Waals surface area contributed by atoms with Gasteiger partial charge in [-0.25, -0.2) is 0 Å². The highest BCUT2D eigenvalue weighted by molar-refractivity contribution is 7.12. The van der Waals surface area contributed by atoms with E-state index in [0.717, 1.165) is 0 Å². The molecule has 0 bridgehead atoms. The fourth-order valence-corrected chi connectivity index (χ4v) is 1.73. The highest BCUT2D eigenvalue weighted by Gasteiger charge is 2.15. The molecule has 0 radical (unpaired) electrons. The van der Waals surface area contributed by atoms with E-state index in [-0.39, 0.29) is 5.78 Å². The summed E-state index contributed by atoms with van der Waals surface area (Å²) in [6.07, 6.45) is 1.39. The molecule has 13 heavy (non-hydrogen) atoms. The number of ketones is 1. The number of aromatic nitrogens is 1. The molecule has 0 unspecified atom stereocenters. The highest BCUT2D eigenvalue weighted by atomic mass is 32.1. The van der Waals surface area contributed by atoms with Gasteiger partial charge in [0.2, 0.25) is 5.78 Å². The van der Waals surface area contributed by atoms with Gasteiger partial charge < -0.3 is 4.52 Å². The predicted molar refractivity (Wildman–Crippen MR) is 49.0 cm³/mol. The second kappa shape index (κ2) is 3.14. The SMILES string of the molecule is Cc1nocc1C(=O)c1cccs1. The van der Waals surface area contributed by atoms with E-state index in [9.17, 15) is 4.79 Å². The molecule has 2 aromatic rings. The van der Waals surface area contributed by atoms with E-state index in [0.29, 0.717) is 16.1 Å². The Labute approximate surface area is 79.0 Å². The van der Waals surface area contributed by atoms with Crippen LogP contribution in [0.3, 0.4) is 0 Å². The summed E-state index contributed by atoms with van der Waals surface area (Å²) in [5, 5.41) is 5.53. The minimum absolute atomic E-state index is 0.0197. The van der Waals surface area contributed by atoms with E-state index in [1.807, 2.05) is 11.4 Å². The molecule has 0 aromatic carbocycles. The number of hydrogen-bond donors (Lipinski definition) is 0. The van der Waals surface area contributed by atoms with Crippen LogP contribution in [0.15, 0.2) is 28.3 Å². The molecule has 2 aromatic heterocycles. The molecular formula is C9H7NO2S. The van der Waals surface area contributed by atoms with Crippen molar-refractivity contribution in [1.29, 1.82) is 0 Å². The average Bonchev–Trinajstić information content (AvgIpc) is 2.72. The Hall–Kier alpha value is -1.42. The lowest BCUT2D eigenvalue weighted by molar-refractivity contribution is 0.104. The lowest BCUT2D eigenvalue weighted by atomic mass is 10.1. The molecule has 3 nitrogen and oxygen atoms in total. The van der Waals surface area contributed by atoms with Crippen LogP contribution in [-0.2, 0) is 0 Å². The van der Waals surface area contributed by atoms with Gasteiger partial charge >= 0.3 is 0 Å². The highest BCUT2D eigenvalue weighted by Crippen LogP contribution is 2.16. The third-order valence-corrected chi connectivity index (χ3v) is 2.61. The van der Waals surface area contributed by atoms with Gasteiger partial charge in [-0.1, -0.05) is 11.2 Å². The van der Waals surface area contributed by atoms with Crippen LogP contribution in [0.25, 0.3) is 0 Å². The van der Waals surface area contributed by atoms with Crippen molar-refractivity contribution in [3.8, 4) is 0 Å². The number of carbonyl (C=O) groups is 1. The average molecular weight is 193 g/mol. The number of thiophene rings is 1. The van der Waals surface area contributed by atoms with E-state index in [2.05, 4.69) is 5.16 Å². The minimum Gasteiger partial charge on any atom is -0.364 e. The van der Waals surface area contributed by atoms with Gasteiger partial charge in [0.15, 0.2) is 0 Å². The maximum atomic E-state index is 11.7. The molecule has 0 saturated heterocycles. The molecule has 0 aliphatic carbocycles. The lowest BCUT2D eigenvalue weighted by Gasteiger charge is -1.91. The van der Waals surface area contributed by atoms with Crippen LogP contribution in [-0.4, -0.2) is 10.9 Å². The van der Waals surface area contributed by atoms with Crippen LogP contribution in [0.4, 0.5) is 0 Å². The van der Waals surface area contributed by atoms with Crippen molar-refractivity contribution >= 4 is 17.1 Å². The first-order valence-corrected chi connectivity index (χ1v) is 4.66. The summed E-state index contributed by atoms with van der Waals surface area (Å²) in [5.74, 6) is -0.0197. The first kappa shape index (κ1) is 8.19. The Morgan fingerprint density at radius 2 is 2.46 bits per heavy atom. The van der Waals surface area contributed by atoms with Crippen LogP contribution in [0.5, 0.6) is 0 Å². The zero-order chi connectivity index (χ0) is 9.26. The standard InChI is InChI=1S/C9H7NO2S/c1-6-7(5-12-10-6)9(11)8-3-2-4-13-8/h2-5H,1H3.